The lowest BCUT2D eigenvalue weighted by Crippen LogP contribution is -2.27. The van der Waals surface area contributed by atoms with Crippen LogP contribution in [0.3, 0.4) is 0 Å². The minimum Gasteiger partial charge on any atom is -0.358 e. The Bertz CT molecular complexity index is 511. The fraction of sp³-hybridized carbons (Fsp3) is 0.455. The third-order valence-electron chi connectivity index (χ3n) is 2.33. The van der Waals surface area contributed by atoms with E-state index in [1.54, 1.807) is 30.3 Å². The van der Waals surface area contributed by atoms with E-state index in [2.05, 4.69) is 4.98 Å². The van der Waals surface area contributed by atoms with Gasteiger partial charge in [0.05, 0.1) is 11.3 Å². The predicted octanol–water partition coefficient (Wildman–Crippen LogP) is 0.765. The standard InChI is InChI=1S/C11H16N2O3S/c1-9(14)10-5-4-6-12-11(10)13(2)7-8-17(3,15)16/h4-6H,7-8H2,1-3H3. The third kappa shape index (κ3) is 4.14. The lowest BCUT2D eigenvalue weighted by molar-refractivity contribution is 0.101. The van der Waals surface area contributed by atoms with E-state index in [0.29, 0.717) is 17.9 Å². The first kappa shape index (κ1) is 13.6. The van der Waals surface area contributed by atoms with E-state index in [0.717, 1.165) is 0 Å². The van der Waals surface area contributed by atoms with Crippen LogP contribution in [0.25, 0.3) is 0 Å². The fourth-order valence-corrected chi connectivity index (χ4v) is 1.99. The molecule has 0 bridgehead atoms. The van der Waals surface area contributed by atoms with E-state index in [4.69, 9.17) is 0 Å². The average molecular weight is 256 g/mol. The van der Waals surface area contributed by atoms with Gasteiger partial charge in [0.15, 0.2) is 5.78 Å². The minimum absolute atomic E-state index is 0.0391. The third-order valence-corrected chi connectivity index (χ3v) is 3.25. The molecule has 6 heteroatoms. The van der Waals surface area contributed by atoms with Crippen molar-refractivity contribution in [2.24, 2.45) is 0 Å². The van der Waals surface area contributed by atoms with Crippen molar-refractivity contribution in [2.75, 3.05) is 30.5 Å². The van der Waals surface area contributed by atoms with Crippen molar-refractivity contribution in [3.05, 3.63) is 23.9 Å². The normalized spacial score (nSPS) is 11.2. The van der Waals surface area contributed by atoms with Crippen LogP contribution < -0.4 is 4.90 Å². The molecule has 1 aromatic heterocycles. The van der Waals surface area contributed by atoms with Gasteiger partial charge in [0.25, 0.3) is 0 Å². The van der Waals surface area contributed by atoms with Crippen LogP contribution >= 0.6 is 0 Å². The number of carbonyl (C=O) groups excluding carboxylic acids is 1. The van der Waals surface area contributed by atoms with Crippen LogP contribution in [-0.4, -0.2) is 44.8 Å². The molecule has 0 aliphatic heterocycles. The molecule has 0 aliphatic rings. The van der Waals surface area contributed by atoms with E-state index in [1.165, 1.54) is 13.2 Å². The molecule has 0 N–H and O–H groups in total. The first-order valence-corrected chi connectivity index (χ1v) is 7.22. The van der Waals surface area contributed by atoms with Crippen molar-refractivity contribution in [3.63, 3.8) is 0 Å². The summed E-state index contributed by atoms with van der Waals surface area (Å²) in [4.78, 5) is 17.2. The number of hydrogen-bond acceptors (Lipinski definition) is 5. The van der Waals surface area contributed by atoms with Gasteiger partial charge in [-0.1, -0.05) is 0 Å². The molecule has 0 radical (unpaired) electrons. The van der Waals surface area contributed by atoms with Crippen LogP contribution in [0.5, 0.6) is 0 Å². The summed E-state index contributed by atoms with van der Waals surface area (Å²) in [5.41, 5.74) is 0.503. The second kappa shape index (κ2) is 5.27. The highest BCUT2D eigenvalue weighted by Crippen LogP contribution is 2.15. The van der Waals surface area contributed by atoms with Gasteiger partial charge in [-0.25, -0.2) is 13.4 Å². The highest BCUT2D eigenvalue weighted by Gasteiger charge is 2.13. The molecule has 17 heavy (non-hydrogen) atoms. The van der Waals surface area contributed by atoms with Crippen LogP contribution in [0, 0.1) is 0 Å². The van der Waals surface area contributed by atoms with Gasteiger partial charge in [0, 0.05) is 26.0 Å². The van der Waals surface area contributed by atoms with Crippen molar-refractivity contribution in [1.29, 1.82) is 0 Å². The Labute approximate surface area is 101 Å². The fourth-order valence-electron chi connectivity index (χ4n) is 1.38. The van der Waals surface area contributed by atoms with E-state index < -0.39 is 9.84 Å². The van der Waals surface area contributed by atoms with E-state index >= 15 is 0 Å². The monoisotopic (exact) mass is 256 g/mol. The number of hydrogen-bond donors (Lipinski definition) is 0. The Kier molecular flexibility index (Phi) is 4.22. The number of nitrogens with zero attached hydrogens (tertiary/aromatic N) is 2. The van der Waals surface area contributed by atoms with Crippen LogP contribution in [0.2, 0.25) is 0 Å². The molecule has 5 nitrogen and oxygen atoms in total. The predicted molar refractivity (Wildman–Crippen MR) is 67.2 cm³/mol. The maximum atomic E-state index is 11.4. The molecule has 1 heterocycles. The van der Waals surface area contributed by atoms with Gasteiger partial charge in [-0.15, -0.1) is 0 Å². The minimum atomic E-state index is -3.01. The molecule has 0 fully saturated rings. The number of ketones is 1. The summed E-state index contributed by atoms with van der Waals surface area (Å²) >= 11 is 0. The summed E-state index contributed by atoms with van der Waals surface area (Å²) in [6, 6.07) is 3.37. The summed E-state index contributed by atoms with van der Waals surface area (Å²) in [5.74, 6) is 0.472. The highest BCUT2D eigenvalue weighted by atomic mass is 32.2. The maximum absolute atomic E-state index is 11.4. The lowest BCUT2D eigenvalue weighted by Gasteiger charge is -2.19. The van der Waals surface area contributed by atoms with Gasteiger partial charge in [0.2, 0.25) is 0 Å². The van der Waals surface area contributed by atoms with Crippen LogP contribution in [0.4, 0.5) is 5.82 Å². The number of anilines is 1. The Hall–Kier alpha value is -1.43. The topological polar surface area (TPSA) is 67.3 Å². The summed E-state index contributed by atoms with van der Waals surface area (Å²) in [6.07, 6.45) is 2.77. The zero-order chi connectivity index (χ0) is 13.1. The van der Waals surface area contributed by atoms with E-state index in [9.17, 15) is 13.2 Å². The maximum Gasteiger partial charge on any atom is 0.163 e. The summed E-state index contributed by atoms with van der Waals surface area (Å²) in [7, 11) is -1.29. The largest absolute Gasteiger partial charge is 0.358 e. The molecule has 0 aliphatic carbocycles. The molecule has 0 aromatic carbocycles. The number of rotatable bonds is 5. The van der Waals surface area contributed by atoms with Crippen LogP contribution in [0.1, 0.15) is 17.3 Å². The Morgan fingerprint density at radius 1 is 1.47 bits per heavy atom. The van der Waals surface area contributed by atoms with Crippen molar-refractivity contribution >= 4 is 21.4 Å². The molecule has 94 valence electrons. The number of pyridine rings is 1. The number of Topliss-reactive ketones (excluding diaryl/α,β-unsaturated/α-hetero) is 1. The molecule has 1 aromatic rings. The van der Waals surface area contributed by atoms with Crippen molar-refractivity contribution in [2.45, 2.75) is 6.92 Å². The first-order chi connectivity index (χ1) is 7.81. The van der Waals surface area contributed by atoms with Gasteiger partial charge in [0.1, 0.15) is 15.7 Å². The second-order valence-electron chi connectivity index (χ2n) is 3.98. The van der Waals surface area contributed by atoms with Crippen molar-refractivity contribution in [3.8, 4) is 0 Å². The van der Waals surface area contributed by atoms with Gasteiger partial charge in [-0.05, 0) is 19.1 Å². The van der Waals surface area contributed by atoms with Crippen molar-refractivity contribution < 1.29 is 13.2 Å². The summed E-state index contributed by atoms with van der Waals surface area (Å²) in [6.45, 7) is 1.78. The Morgan fingerprint density at radius 2 is 2.12 bits per heavy atom. The Balaban J connectivity index is 2.89. The lowest BCUT2D eigenvalue weighted by atomic mass is 10.2. The SMILES string of the molecule is CC(=O)c1cccnc1N(C)CCS(C)(=O)=O. The van der Waals surface area contributed by atoms with E-state index in [1.807, 2.05) is 0 Å². The summed E-state index contributed by atoms with van der Waals surface area (Å²) in [5, 5.41) is 0. The number of aromatic nitrogens is 1. The highest BCUT2D eigenvalue weighted by molar-refractivity contribution is 7.90. The van der Waals surface area contributed by atoms with Gasteiger partial charge >= 0.3 is 0 Å². The van der Waals surface area contributed by atoms with E-state index in [-0.39, 0.29) is 11.5 Å². The molecule has 0 atom stereocenters. The molecule has 0 spiro atoms. The van der Waals surface area contributed by atoms with Crippen LogP contribution in [-0.2, 0) is 9.84 Å². The first-order valence-electron chi connectivity index (χ1n) is 5.16. The molecule has 0 saturated heterocycles. The van der Waals surface area contributed by atoms with Gasteiger partial charge in [-0.3, -0.25) is 4.79 Å². The molecular weight excluding hydrogens is 240 g/mol. The average Bonchev–Trinajstić information content (AvgIpc) is 2.25. The Morgan fingerprint density at radius 3 is 2.65 bits per heavy atom. The van der Waals surface area contributed by atoms with Crippen molar-refractivity contribution in [1.82, 2.24) is 4.98 Å². The smallest absolute Gasteiger partial charge is 0.163 e. The quantitative estimate of drug-likeness (QED) is 0.728. The zero-order valence-electron chi connectivity index (χ0n) is 10.2. The molecule has 0 saturated carbocycles. The molecule has 1 rings (SSSR count). The molecule has 0 amide bonds. The van der Waals surface area contributed by atoms with Crippen LogP contribution in [0.15, 0.2) is 18.3 Å². The molecular formula is C11H16N2O3S. The van der Waals surface area contributed by atoms with Gasteiger partial charge in [-0.2, -0.15) is 0 Å². The summed E-state index contributed by atoms with van der Waals surface area (Å²) < 4.78 is 22.1. The zero-order valence-corrected chi connectivity index (χ0v) is 11.0. The second-order valence-corrected chi connectivity index (χ2v) is 6.24. The number of sulfone groups is 1. The van der Waals surface area contributed by atoms with Gasteiger partial charge < -0.3 is 4.90 Å². The molecule has 0 unspecified atom stereocenters. The number of carbonyl (C=O) groups is 1.